The lowest BCUT2D eigenvalue weighted by molar-refractivity contribution is 0.263. The Hall–Kier alpha value is -1.77. The van der Waals surface area contributed by atoms with Crippen LogP contribution in [0.5, 0.6) is 0 Å². The number of benzene rings is 1. The van der Waals surface area contributed by atoms with E-state index < -0.39 is 0 Å². The number of anilines is 2. The Morgan fingerprint density at radius 3 is 2.75 bits per heavy atom. The van der Waals surface area contributed by atoms with Crippen LogP contribution in [0.25, 0.3) is 10.9 Å². The van der Waals surface area contributed by atoms with Gasteiger partial charge in [0, 0.05) is 24.7 Å². The SMILES string of the molecule is CC(C)(C)C1CCN(c2ccc3ncccc3c2N)C1. The van der Waals surface area contributed by atoms with Crippen molar-refractivity contribution >= 4 is 22.3 Å². The lowest BCUT2D eigenvalue weighted by Crippen LogP contribution is -2.26. The Balaban J connectivity index is 1.94. The van der Waals surface area contributed by atoms with Gasteiger partial charge in [-0.2, -0.15) is 0 Å². The van der Waals surface area contributed by atoms with Crippen LogP contribution in [-0.4, -0.2) is 18.1 Å². The summed E-state index contributed by atoms with van der Waals surface area (Å²) in [4.78, 5) is 6.79. The van der Waals surface area contributed by atoms with Crippen LogP contribution in [0.3, 0.4) is 0 Å². The summed E-state index contributed by atoms with van der Waals surface area (Å²) in [7, 11) is 0. The molecule has 20 heavy (non-hydrogen) atoms. The third-order valence-corrected chi connectivity index (χ3v) is 4.56. The maximum Gasteiger partial charge on any atom is 0.0724 e. The Morgan fingerprint density at radius 1 is 1.25 bits per heavy atom. The minimum atomic E-state index is 0.363. The molecule has 1 fully saturated rings. The zero-order valence-electron chi connectivity index (χ0n) is 12.6. The Kier molecular flexibility index (Phi) is 3.08. The van der Waals surface area contributed by atoms with Gasteiger partial charge in [0.05, 0.1) is 16.9 Å². The van der Waals surface area contributed by atoms with Gasteiger partial charge in [0.1, 0.15) is 0 Å². The maximum atomic E-state index is 6.37. The first kappa shape index (κ1) is 13.2. The summed E-state index contributed by atoms with van der Waals surface area (Å²) < 4.78 is 0. The van der Waals surface area contributed by atoms with Gasteiger partial charge in [-0.25, -0.2) is 0 Å². The molecule has 2 heterocycles. The van der Waals surface area contributed by atoms with Gasteiger partial charge < -0.3 is 10.6 Å². The molecule has 3 nitrogen and oxygen atoms in total. The van der Waals surface area contributed by atoms with Crippen LogP contribution in [0.2, 0.25) is 0 Å². The number of hydrogen-bond acceptors (Lipinski definition) is 3. The number of fused-ring (bicyclic) bond motifs is 1. The van der Waals surface area contributed by atoms with Crippen LogP contribution >= 0.6 is 0 Å². The zero-order valence-corrected chi connectivity index (χ0v) is 12.6. The molecule has 0 radical (unpaired) electrons. The normalized spacial score (nSPS) is 19.8. The van der Waals surface area contributed by atoms with Gasteiger partial charge >= 0.3 is 0 Å². The number of nitrogens with two attached hydrogens (primary N) is 1. The maximum absolute atomic E-state index is 6.37. The second-order valence-electron chi connectivity index (χ2n) is 6.87. The molecule has 0 saturated carbocycles. The van der Waals surface area contributed by atoms with E-state index in [1.54, 1.807) is 0 Å². The highest BCUT2D eigenvalue weighted by Gasteiger charge is 2.32. The van der Waals surface area contributed by atoms with Gasteiger partial charge in [-0.3, -0.25) is 4.98 Å². The second-order valence-corrected chi connectivity index (χ2v) is 6.87. The van der Waals surface area contributed by atoms with Crippen molar-refractivity contribution in [3.05, 3.63) is 30.5 Å². The molecule has 0 aliphatic carbocycles. The summed E-state index contributed by atoms with van der Waals surface area (Å²) in [5, 5.41) is 1.06. The third kappa shape index (κ3) is 2.21. The largest absolute Gasteiger partial charge is 0.396 e. The van der Waals surface area contributed by atoms with Crippen LogP contribution < -0.4 is 10.6 Å². The van der Waals surface area contributed by atoms with Gasteiger partial charge in [-0.1, -0.05) is 20.8 Å². The van der Waals surface area contributed by atoms with Crippen molar-refractivity contribution in [1.82, 2.24) is 4.98 Å². The van der Waals surface area contributed by atoms with Crippen molar-refractivity contribution in [2.75, 3.05) is 23.7 Å². The average Bonchev–Trinajstić information content (AvgIpc) is 2.89. The van der Waals surface area contributed by atoms with Crippen molar-refractivity contribution < 1.29 is 0 Å². The quantitative estimate of drug-likeness (QED) is 0.803. The van der Waals surface area contributed by atoms with E-state index in [2.05, 4.69) is 48.9 Å². The fourth-order valence-electron chi connectivity index (χ4n) is 3.13. The monoisotopic (exact) mass is 269 g/mol. The summed E-state index contributed by atoms with van der Waals surface area (Å²) >= 11 is 0. The summed E-state index contributed by atoms with van der Waals surface area (Å²) in [6, 6.07) is 8.20. The Bertz CT molecular complexity index is 628. The average molecular weight is 269 g/mol. The van der Waals surface area contributed by atoms with Crippen molar-refractivity contribution in [3.63, 3.8) is 0 Å². The first-order valence-corrected chi connectivity index (χ1v) is 7.35. The standard InChI is InChI=1S/C17H23N3/c1-17(2,3)12-8-10-20(11-12)15-7-6-14-13(16(15)18)5-4-9-19-14/h4-7,9,12H,8,10-11,18H2,1-3H3. The molecule has 0 amide bonds. The summed E-state index contributed by atoms with van der Waals surface area (Å²) in [5.74, 6) is 0.728. The number of aromatic nitrogens is 1. The van der Waals surface area contributed by atoms with Crippen LogP contribution in [0, 0.1) is 11.3 Å². The highest BCUT2D eigenvalue weighted by molar-refractivity contribution is 5.97. The summed E-state index contributed by atoms with van der Waals surface area (Å²) in [6.45, 7) is 9.18. The molecule has 3 rings (SSSR count). The van der Waals surface area contributed by atoms with Gasteiger partial charge in [-0.15, -0.1) is 0 Å². The highest BCUT2D eigenvalue weighted by Crippen LogP contribution is 2.38. The lowest BCUT2D eigenvalue weighted by atomic mass is 9.80. The molecule has 2 aromatic rings. The fraction of sp³-hybridized carbons (Fsp3) is 0.471. The predicted octanol–water partition coefficient (Wildman–Crippen LogP) is 3.69. The van der Waals surface area contributed by atoms with Crippen LogP contribution in [0.15, 0.2) is 30.5 Å². The van der Waals surface area contributed by atoms with E-state index in [1.165, 1.54) is 6.42 Å². The number of hydrogen-bond donors (Lipinski definition) is 1. The molecular formula is C17H23N3. The molecule has 106 valence electrons. The topological polar surface area (TPSA) is 42.2 Å². The van der Waals surface area contributed by atoms with Crippen molar-refractivity contribution in [1.29, 1.82) is 0 Å². The molecule has 1 unspecified atom stereocenters. The summed E-state index contributed by atoms with van der Waals surface area (Å²) in [6.07, 6.45) is 3.06. The highest BCUT2D eigenvalue weighted by atomic mass is 15.2. The van der Waals surface area contributed by atoms with Crippen LogP contribution in [0.1, 0.15) is 27.2 Å². The lowest BCUT2D eigenvalue weighted by Gasteiger charge is -2.28. The van der Waals surface area contributed by atoms with E-state index in [4.69, 9.17) is 5.73 Å². The molecule has 1 aliphatic rings. The van der Waals surface area contributed by atoms with Crippen LogP contribution in [0.4, 0.5) is 11.4 Å². The van der Waals surface area contributed by atoms with E-state index in [0.717, 1.165) is 41.3 Å². The van der Waals surface area contributed by atoms with E-state index in [1.807, 2.05) is 12.3 Å². The van der Waals surface area contributed by atoms with Gasteiger partial charge in [0.25, 0.3) is 0 Å². The Labute approximate surface area is 120 Å². The molecular weight excluding hydrogens is 246 g/mol. The number of nitrogen functional groups attached to an aromatic ring is 1. The number of nitrogens with zero attached hydrogens (tertiary/aromatic N) is 2. The molecule has 3 heteroatoms. The molecule has 1 aromatic heterocycles. The first-order chi connectivity index (χ1) is 9.47. The number of rotatable bonds is 1. The van der Waals surface area contributed by atoms with Gasteiger partial charge in [0.2, 0.25) is 0 Å². The molecule has 0 spiro atoms. The zero-order chi connectivity index (χ0) is 14.3. The number of pyridine rings is 1. The smallest absolute Gasteiger partial charge is 0.0724 e. The van der Waals surface area contributed by atoms with Crippen molar-refractivity contribution in [3.8, 4) is 0 Å². The minimum absolute atomic E-state index is 0.363. The first-order valence-electron chi connectivity index (χ1n) is 7.35. The molecule has 1 atom stereocenters. The van der Waals surface area contributed by atoms with E-state index in [-0.39, 0.29) is 0 Å². The van der Waals surface area contributed by atoms with Crippen molar-refractivity contribution in [2.45, 2.75) is 27.2 Å². The predicted molar refractivity (Wildman–Crippen MR) is 85.9 cm³/mol. The van der Waals surface area contributed by atoms with Gasteiger partial charge in [-0.05, 0) is 42.0 Å². The van der Waals surface area contributed by atoms with Crippen LogP contribution in [-0.2, 0) is 0 Å². The second kappa shape index (κ2) is 4.65. The molecule has 1 aromatic carbocycles. The van der Waals surface area contributed by atoms with E-state index in [9.17, 15) is 0 Å². The fourth-order valence-corrected chi connectivity index (χ4v) is 3.13. The van der Waals surface area contributed by atoms with E-state index in [0.29, 0.717) is 5.41 Å². The van der Waals surface area contributed by atoms with Gasteiger partial charge in [0.15, 0.2) is 0 Å². The molecule has 2 N–H and O–H groups in total. The third-order valence-electron chi connectivity index (χ3n) is 4.56. The van der Waals surface area contributed by atoms with Crippen molar-refractivity contribution in [2.24, 2.45) is 11.3 Å². The molecule has 1 saturated heterocycles. The minimum Gasteiger partial charge on any atom is -0.396 e. The summed E-state index contributed by atoms with van der Waals surface area (Å²) in [5.41, 5.74) is 9.74. The molecule has 1 aliphatic heterocycles. The molecule has 0 bridgehead atoms. The Morgan fingerprint density at radius 2 is 2.05 bits per heavy atom. The van der Waals surface area contributed by atoms with E-state index >= 15 is 0 Å².